The second-order valence-corrected chi connectivity index (χ2v) is 15.5. The molecule has 16 heteroatoms. The lowest BCUT2D eigenvalue weighted by Crippen LogP contribution is -2.68. The summed E-state index contributed by atoms with van der Waals surface area (Å²) >= 11 is 0. The van der Waals surface area contributed by atoms with E-state index < -0.39 is 71.7 Å². The maximum absolute atomic E-state index is 14.0. The fourth-order valence-electron chi connectivity index (χ4n) is 8.75. The summed E-state index contributed by atoms with van der Waals surface area (Å²) in [5, 5.41) is 17.5. The van der Waals surface area contributed by atoms with E-state index in [9.17, 15) is 29.2 Å². The van der Waals surface area contributed by atoms with Crippen LogP contribution in [0.15, 0.2) is 42.5 Å². The van der Waals surface area contributed by atoms with Crippen LogP contribution in [0.5, 0.6) is 28.7 Å². The minimum Gasteiger partial charge on any atom is -0.493 e. The zero-order valence-electron chi connectivity index (χ0n) is 32.2. The largest absolute Gasteiger partial charge is 0.514 e. The van der Waals surface area contributed by atoms with Gasteiger partial charge in [-0.3, -0.25) is 29.0 Å². The fraction of sp³-hybridized carbons (Fsp3) is 0.415. The molecule has 0 aromatic heterocycles. The van der Waals surface area contributed by atoms with Crippen molar-refractivity contribution >= 4 is 29.8 Å². The molecule has 3 aromatic carbocycles. The molecule has 1 saturated heterocycles. The Bertz CT molecular complexity index is 2240. The van der Waals surface area contributed by atoms with Crippen LogP contribution in [0, 0.1) is 11.3 Å². The summed E-state index contributed by atoms with van der Waals surface area (Å²) in [4.78, 5) is 69.3. The molecule has 5 aliphatic heterocycles. The number of hydrogen-bond donors (Lipinski definition) is 2. The molecule has 0 saturated carbocycles. The molecule has 8 rings (SSSR count). The molecule has 2 bridgehead atoms. The van der Waals surface area contributed by atoms with Gasteiger partial charge in [-0.25, -0.2) is 4.79 Å². The van der Waals surface area contributed by atoms with Gasteiger partial charge in [0.25, 0.3) is 11.8 Å². The number of methoxy groups -OCH3 is 1. The van der Waals surface area contributed by atoms with Gasteiger partial charge in [-0.2, -0.15) is 5.26 Å². The number of nitriles is 1. The summed E-state index contributed by atoms with van der Waals surface area (Å²) < 4.78 is 34.8. The molecule has 0 spiro atoms. The van der Waals surface area contributed by atoms with Crippen molar-refractivity contribution in [3.63, 3.8) is 0 Å². The Morgan fingerprint density at radius 2 is 1.74 bits per heavy atom. The van der Waals surface area contributed by atoms with Crippen LogP contribution in [0.3, 0.4) is 0 Å². The average molecular weight is 780 g/mol. The molecule has 57 heavy (non-hydrogen) atoms. The quantitative estimate of drug-likeness (QED) is 0.152. The van der Waals surface area contributed by atoms with Gasteiger partial charge in [0.15, 0.2) is 23.0 Å². The molecular formula is C41H41N5O11. The summed E-state index contributed by atoms with van der Waals surface area (Å²) in [5.74, 6) is -0.955. The van der Waals surface area contributed by atoms with Crippen molar-refractivity contribution in [2.75, 3.05) is 20.4 Å². The van der Waals surface area contributed by atoms with Crippen LogP contribution in [0.25, 0.3) is 0 Å². The van der Waals surface area contributed by atoms with Crippen molar-refractivity contribution < 1.29 is 52.4 Å². The number of carbonyl (C=O) groups excluding carboxylic acids is 5. The van der Waals surface area contributed by atoms with Crippen molar-refractivity contribution in [3.05, 3.63) is 75.8 Å². The number of esters is 1. The second kappa shape index (κ2) is 14.1. The molecule has 5 aliphatic rings. The Morgan fingerprint density at radius 3 is 2.39 bits per heavy atom. The van der Waals surface area contributed by atoms with Crippen molar-refractivity contribution in [1.82, 2.24) is 20.4 Å². The second-order valence-electron chi connectivity index (χ2n) is 15.5. The van der Waals surface area contributed by atoms with Crippen LogP contribution >= 0.6 is 0 Å². The summed E-state index contributed by atoms with van der Waals surface area (Å²) in [6.45, 7) is 7.72. The van der Waals surface area contributed by atoms with Crippen molar-refractivity contribution in [3.8, 4) is 34.8 Å². The first kappa shape index (κ1) is 37.7. The number of hydrogen-bond acceptors (Lipinski definition) is 14. The van der Waals surface area contributed by atoms with E-state index in [-0.39, 0.29) is 42.4 Å². The third-order valence-electron chi connectivity index (χ3n) is 11.0. The van der Waals surface area contributed by atoms with Gasteiger partial charge in [-0.05, 0) is 64.3 Å². The molecular weight excluding hydrogens is 738 g/mol. The lowest BCUT2D eigenvalue weighted by Gasteiger charge is -2.56. The van der Waals surface area contributed by atoms with Crippen LogP contribution in [-0.4, -0.2) is 89.9 Å². The van der Waals surface area contributed by atoms with Gasteiger partial charge in [-0.1, -0.05) is 18.2 Å². The third kappa shape index (κ3) is 6.36. The summed E-state index contributed by atoms with van der Waals surface area (Å²) in [6.07, 6.45) is -0.337. The summed E-state index contributed by atoms with van der Waals surface area (Å²) in [7, 11) is 1.47. The average Bonchev–Trinajstić information content (AvgIpc) is 3.73. The lowest BCUT2D eigenvalue weighted by molar-refractivity contribution is -0.132. The Hall–Kier alpha value is -6.18. The zero-order chi connectivity index (χ0) is 40.5. The summed E-state index contributed by atoms with van der Waals surface area (Å²) in [6, 6.07) is 9.76. The van der Waals surface area contributed by atoms with E-state index in [4.69, 9.17) is 28.4 Å². The van der Waals surface area contributed by atoms with E-state index in [2.05, 4.69) is 16.7 Å². The van der Waals surface area contributed by atoms with Crippen LogP contribution in [0.4, 0.5) is 4.79 Å². The van der Waals surface area contributed by atoms with Gasteiger partial charge in [0.05, 0.1) is 36.4 Å². The Labute approximate surface area is 327 Å². The maximum Gasteiger partial charge on any atom is 0.514 e. The number of rotatable bonds is 7. The molecule has 2 N–H and O–H groups in total. The predicted octanol–water partition coefficient (Wildman–Crippen LogP) is 3.89. The highest BCUT2D eigenvalue weighted by Gasteiger charge is 2.55. The van der Waals surface area contributed by atoms with Crippen LogP contribution < -0.4 is 34.3 Å². The number of imide groups is 1. The van der Waals surface area contributed by atoms with Crippen molar-refractivity contribution in [2.24, 2.45) is 0 Å². The molecule has 5 heterocycles. The van der Waals surface area contributed by atoms with Crippen LogP contribution in [0.1, 0.15) is 89.7 Å². The monoisotopic (exact) mass is 779 g/mol. The Kier molecular flexibility index (Phi) is 9.32. The Morgan fingerprint density at radius 1 is 1.02 bits per heavy atom. The van der Waals surface area contributed by atoms with Crippen molar-refractivity contribution in [1.29, 1.82) is 5.26 Å². The molecule has 6 atom stereocenters. The van der Waals surface area contributed by atoms with Gasteiger partial charge < -0.3 is 39.1 Å². The first-order chi connectivity index (χ1) is 27.2. The van der Waals surface area contributed by atoms with E-state index in [0.717, 1.165) is 10.5 Å². The Balaban J connectivity index is 1.22. The van der Waals surface area contributed by atoms with E-state index in [1.165, 1.54) is 21.0 Å². The lowest BCUT2D eigenvalue weighted by atomic mass is 9.73. The fourth-order valence-corrected chi connectivity index (χ4v) is 8.75. The SMILES string of the molecule is COc1ccc2c(c1OC(=O)OC(C)(C)C)[C@H]1N[C@@H](C2)[C@H](C#N)N2[C@@H](CNC(=O)[C@H](C)N3C(=O)c4ccccc4C3=O)c3c(c(OC(C)=O)cc4c3OCO4)C[C@@H]12. The van der Waals surface area contributed by atoms with Gasteiger partial charge in [-0.15, -0.1) is 0 Å². The van der Waals surface area contributed by atoms with E-state index in [0.29, 0.717) is 40.4 Å². The van der Waals surface area contributed by atoms with Gasteiger partial charge >= 0.3 is 12.1 Å². The smallest absolute Gasteiger partial charge is 0.493 e. The maximum atomic E-state index is 14.0. The standard InChI is InChI=1S/C41H41N5O11/c1-19(45-38(49)22-9-7-8-10-23(22)39(45)50)37(48)43-17-28-33-24(30(55-20(2)47)15-31-35(33)54-18-53-31)14-26-34-32-21(13-25(44-34)27(16-42)46(26)28)11-12-29(52-6)36(32)56-40(51)57-41(3,4)5/h7-12,15,19,25-28,34,44H,13-14,17-18H2,1-6H3,(H,43,48)/t19-,25-,26-,27-,28-,34-/m0/s1. The number of carbonyl (C=O) groups is 5. The van der Waals surface area contributed by atoms with E-state index >= 15 is 0 Å². The molecule has 1 fully saturated rings. The first-order valence-electron chi connectivity index (χ1n) is 18.6. The van der Waals surface area contributed by atoms with Gasteiger partial charge in [0, 0.05) is 48.3 Å². The normalized spacial score (nSPS) is 23.2. The van der Waals surface area contributed by atoms with Crippen LogP contribution in [-0.2, 0) is 27.2 Å². The molecule has 296 valence electrons. The molecule has 3 aromatic rings. The molecule has 0 aliphatic carbocycles. The highest BCUT2D eigenvalue weighted by atomic mass is 16.7. The number of nitrogens with one attached hydrogen (secondary N) is 2. The molecule has 0 unspecified atom stereocenters. The zero-order valence-corrected chi connectivity index (χ0v) is 32.2. The van der Waals surface area contributed by atoms with Gasteiger partial charge in [0.1, 0.15) is 23.4 Å². The van der Waals surface area contributed by atoms with E-state index in [1.807, 2.05) is 11.0 Å². The minimum atomic E-state index is -1.19. The van der Waals surface area contributed by atoms with Crippen LogP contribution in [0.2, 0.25) is 0 Å². The topological polar surface area (TPSA) is 195 Å². The number of amides is 3. The summed E-state index contributed by atoms with van der Waals surface area (Å²) in [5.41, 5.74) is 2.20. The molecule has 16 nitrogen and oxygen atoms in total. The number of piperazine rings is 1. The highest BCUT2D eigenvalue weighted by molar-refractivity contribution is 6.22. The number of nitrogens with zero attached hydrogens (tertiary/aromatic N) is 3. The van der Waals surface area contributed by atoms with E-state index in [1.54, 1.807) is 57.2 Å². The first-order valence-corrected chi connectivity index (χ1v) is 18.6. The number of ether oxygens (including phenoxy) is 6. The molecule has 3 amide bonds. The third-order valence-corrected chi connectivity index (χ3v) is 11.0. The highest BCUT2D eigenvalue weighted by Crippen LogP contribution is 2.55. The van der Waals surface area contributed by atoms with Crippen molar-refractivity contribution in [2.45, 2.75) is 89.3 Å². The minimum absolute atomic E-state index is 0.112. The molecule has 0 radical (unpaired) electrons. The number of benzene rings is 3. The predicted molar refractivity (Wildman–Crippen MR) is 198 cm³/mol. The van der Waals surface area contributed by atoms with Gasteiger partial charge in [0.2, 0.25) is 12.7 Å². The number of fused-ring (bicyclic) bond motifs is 10.